The first-order valence-corrected chi connectivity index (χ1v) is 8.40. The molecule has 3 nitrogen and oxygen atoms in total. The second-order valence-electron chi connectivity index (χ2n) is 6.09. The number of aliphatic hydroxyl groups excluding tert-OH is 1. The molecule has 128 valence electrons. The van der Waals surface area contributed by atoms with E-state index in [9.17, 15) is 9.90 Å². The molecule has 1 atom stereocenters. The third-order valence-electron chi connectivity index (χ3n) is 4.15. The van der Waals surface area contributed by atoms with Gasteiger partial charge in [0.1, 0.15) is 11.5 Å². The zero-order chi connectivity index (χ0) is 17.5. The summed E-state index contributed by atoms with van der Waals surface area (Å²) in [6.07, 6.45) is 1.42. The number of carbonyl (C=O) groups excluding carboxylic acids is 1. The minimum atomic E-state index is -0.0723. The second kappa shape index (κ2) is 8.86. The molecule has 0 saturated carbocycles. The highest BCUT2D eigenvalue weighted by atomic mass is 35.5. The van der Waals surface area contributed by atoms with E-state index in [0.717, 1.165) is 22.4 Å². The van der Waals surface area contributed by atoms with Crippen molar-refractivity contribution >= 4 is 17.4 Å². The van der Waals surface area contributed by atoms with Crippen molar-refractivity contribution < 1.29 is 14.6 Å². The summed E-state index contributed by atoms with van der Waals surface area (Å²) >= 11 is 5.85. The minimum absolute atomic E-state index is 0.00216. The molecule has 1 N–H and O–H groups in total. The number of hydrogen-bond acceptors (Lipinski definition) is 3. The van der Waals surface area contributed by atoms with E-state index in [4.69, 9.17) is 16.3 Å². The number of Topliss-reactive ketones (excluding diaryl/α,β-unsaturated/α-hetero) is 1. The Kier molecular flexibility index (Phi) is 6.83. The Bertz CT molecular complexity index is 680. The van der Waals surface area contributed by atoms with Gasteiger partial charge in [-0.1, -0.05) is 29.8 Å². The van der Waals surface area contributed by atoms with E-state index in [1.807, 2.05) is 37.3 Å². The monoisotopic (exact) mass is 346 g/mol. The Morgan fingerprint density at radius 2 is 1.92 bits per heavy atom. The van der Waals surface area contributed by atoms with Crippen molar-refractivity contribution in [3.63, 3.8) is 0 Å². The highest BCUT2D eigenvalue weighted by Gasteiger charge is 2.15. The lowest BCUT2D eigenvalue weighted by Crippen LogP contribution is -2.17. The van der Waals surface area contributed by atoms with Crippen LogP contribution >= 0.6 is 11.6 Å². The maximum absolute atomic E-state index is 12.3. The molecule has 0 aliphatic heterocycles. The third-order valence-corrected chi connectivity index (χ3v) is 4.40. The van der Waals surface area contributed by atoms with Crippen LogP contribution in [-0.2, 0) is 17.6 Å². The number of halogens is 1. The van der Waals surface area contributed by atoms with Crippen LogP contribution in [0.4, 0.5) is 0 Å². The molecule has 2 rings (SSSR count). The molecule has 2 aromatic carbocycles. The first-order valence-electron chi connectivity index (χ1n) is 8.02. The lowest BCUT2D eigenvalue weighted by molar-refractivity contribution is -0.119. The summed E-state index contributed by atoms with van der Waals surface area (Å²) < 4.78 is 5.21. The first kappa shape index (κ1) is 18.5. The normalized spacial score (nSPS) is 12.0. The van der Waals surface area contributed by atoms with E-state index in [1.165, 1.54) is 0 Å². The molecule has 0 bridgehead atoms. The minimum Gasteiger partial charge on any atom is -0.497 e. The van der Waals surface area contributed by atoms with Gasteiger partial charge < -0.3 is 9.84 Å². The van der Waals surface area contributed by atoms with Crippen LogP contribution in [0.5, 0.6) is 5.75 Å². The standard InChI is InChI=1S/C20H23ClO3/c1-14-9-20(24-2)8-5-17(14)10-16(13-22)12-19(23)11-15-3-6-18(21)7-4-15/h3-9,16,22H,10-13H2,1-2H3. The van der Waals surface area contributed by atoms with E-state index >= 15 is 0 Å². The van der Waals surface area contributed by atoms with Gasteiger partial charge in [-0.2, -0.15) is 0 Å². The fourth-order valence-electron chi connectivity index (χ4n) is 2.76. The maximum Gasteiger partial charge on any atom is 0.137 e. The molecule has 4 heteroatoms. The highest BCUT2D eigenvalue weighted by molar-refractivity contribution is 6.30. The molecule has 0 aliphatic carbocycles. The molecular weight excluding hydrogens is 324 g/mol. The van der Waals surface area contributed by atoms with Gasteiger partial charge in [-0.25, -0.2) is 0 Å². The summed E-state index contributed by atoms with van der Waals surface area (Å²) in [5.41, 5.74) is 3.19. The van der Waals surface area contributed by atoms with Gasteiger partial charge in [-0.15, -0.1) is 0 Å². The van der Waals surface area contributed by atoms with E-state index in [0.29, 0.717) is 24.3 Å². The van der Waals surface area contributed by atoms with Crippen LogP contribution in [0, 0.1) is 12.8 Å². The predicted molar refractivity (Wildman–Crippen MR) is 96.8 cm³/mol. The Balaban J connectivity index is 1.96. The first-order chi connectivity index (χ1) is 11.5. The average molecular weight is 347 g/mol. The number of ketones is 1. The Hall–Kier alpha value is -1.84. The van der Waals surface area contributed by atoms with Crippen molar-refractivity contribution in [3.8, 4) is 5.75 Å². The van der Waals surface area contributed by atoms with Crippen LogP contribution < -0.4 is 4.74 Å². The van der Waals surface area contributed by atoms with Crippen LogP contribution in [0.15, 0.2) is 42.5 Å². The van der Waals surface area contributed by atoms with Gasteiger partial charge in [0, 0.05) is 24.5 Å². The molecule has 1 unspecified atom stereocenters. The van der Waals surface area contributed by atoms with E-state index < -0.39 is 0 Å². The third kappa shape index (κ3) is 5.36. The molecule has 0 spiro atoms. The largest absolute Gasteiger partial charge is 0.497 e. The summed E-state index contributed by atoms with van der Waals surface area (Å²) in [4.78, 5) is 12.3. The van der Waals surface area contributed by atoms with Crippen LogP contribution in [0.25, 0.3) is 0 Å². The van der Waals surface area contributed by atoms with Crippen molar-refractivity contribution in [3.05, 3.63) is 64.2 Å². The van der Waals surface area contributed by atoms with Crippen molar-refractivity contribution in [1.29, 1.82) is 0 Å². The molecule has 2 aromatic rings. The molecule has 0 amide bonds. The number of aryl methyl sites for hydroxylation is 1. The Morgan fingerprint density at radius 1 is 1.21 bits per heavy atom. The number of ether oxygens (including phenoxy) is 1. The van der Waals surface area contributed by atoms with Gasteiger partial charge >= 0.3 is 0 Å². The van der Waals surface area contributed by atoms with Crippen molar-refractivity contribution in [2.75, 3.05) is 13.7 Å². The van der Waals surface area contributed by atoms with Gasteiger partial charge in [0.25, 0.3) is 0 Å². The number of rotatable bonds is 8. The molecule has 0 aromatic heterocycles. The summed E-state index contributed by atoms with van der Waals surface area (Å²) in [6.45, 7) is 2.01. The number of carbonyl (C=O) groups is 1. The van der Waals surface area contributed by atoms with Crippen LogP contribution in [0.2, 0.25) is 5.02 Å². The molecule has 0 aliphatic rings. The highest BCUT2D eigenvalue weighted by Crippen LogP contribution is 2.21. The predicted octanol–water partition coefficient (Wildman–Crippen LogP) is 4.01. The van der Waals surface area contributed by atoms with Crippen LogP contribution in [0.3, 0.4) is 0 Å². The summed E-state index contributed by atoms with van der Waals surface area (Å²) in [6, 6.07) is 13.2. The summed E-state index contributed by atoms with van der Waals surface area (Å²) in [5.74, 6) is 0.870. The van der Waals surface area contributed by atoms with Crippen molar-refractivity contribution in [2.45, 2.75) is 26.2 Å². The maximum atomic E-state index is 12.3. The van der Waals surface area contributed by atoms with Crippen LogP contribution in [-0.4, -0.2) is 24.6 Å². The van der Waals surface area contributed by atoms with E-state index in [2.05, 4.69) is 0 Å². The van der Waals surface area contributed by atoms with Gasteiger partial charge in [-0.3, -0.25) is 4.79 Å². The Morgan fingerprint density at radius 3 is 2.50 bits per heavy atom. The smallest absolute Gasteiger partial charge is 0.137 e. The van der Waals surface area contributed by atoms with Gasteiger partial charge in [0.05, 0.1) is 7.11 Å². The van der Waals surface area contributed by atoms with Crippen molar-refractivity contribution in [2.24, 2.45) is 5.92 Å². The molecule has 0 saturated heterocycles. The molecule has 0 heterocycles. The van der Waals surface area contributed by atoms with Gasteiger partial charge in [0.15, 0.2) is 0 Å². The number of hydrogen-bond donors (Lipinski definition) is 1. The molecule has 24 heavy (non-hydrogen) atoms. The number of benzene rings is 2. The zero-order valence-corrected chi connectivity index (χ0v) is 14.8. The summed E-state index contributed by atoms with van der Waals surface area (Å²) in [5, 5.41) is 10.3. The SMILES string of the molecule is COc1ccc(CC(CO)CC(=O)Cc2ccc(Cl)cc2)c(C)c1. The summed E-state index contributed by atoms with van der Waals surface area (Å²) in [7, 11) is 1.64. The average Bonchev–Trinajstić information content (AvgIpc) is 2.57. The zero-order valence-electron chi connectivity index (χ0n) is 14.1. The molecule has 0 fully saturated rings. The lowest BCUT2D eigenvalue weighted by atomic mass is 9.91. The fourth-order valence-corrected chi connectivity index (χ4v) is 2.89. The topological polar surface area (TPSA) is 46.5 Å². The van der Waals surface area contributed by atoms with Gasteiger partial charge in [-0.05, 0) is 60.2 Å². The fraction of sp³-hybridized carbons (Fsp3) is 0.350. The number of aliphatic hydroxyl groups is 1. The quantitative estimate of drug-likeness (QED) is 0.785. The Labute approximate surface area is 148 Å². The van der Waals surface area contributed by atoms with Crippen LogP contribution in [0.1, 0.15) is 23.1 Å². The van der Waals surface area contributed by atoms with E-state index in [1.54, 1.807) is 19.2 Å². The van der Waals surface area contributed by atoms with Crippen molar-refractivity contribution in [1.82, 2.24) is 0 Å². The van der Waals surface area contributed by atoms with E-state index in [-0.39, 0.29) is 18.3 Å². The second-order valence-corrected chi connectivity index (χ2v) is 6.53. The molecular formula is C20H23ClO3. The lowest BCUT2D eigenvalue weighted by Gasteiger charge is -2.16. The van der Waals surface area contributed by atoms with Gasteiger partial charge in [0.2, 0.25) is 0 Å². The number of methoxy groups -OCH3 is 1. The molecule has 0 radical (unpaired) electrons.